The van der Waals surface area contributed by atoms with Crippen LogP contribution in [0.1, 0.15) is 80.8 Å². The van der Waals surface area contributed by atoms with Crippen molar-refractivity contribution in [3.05, 3.63) is 51.3 Å². The zero-order valence-electron chi connectivity index (χ0n) is 20.5. The second-order valence-corrected chi connectivity index (χ2v) is 8.37. The molecule has 0 amide bonds. The molecule has 0 saturated heterocycles. The van der Waals surface area contributed by atoms with Crippen LogP contribution < -0.4 is 5.56 Å². The van der Waals surface area contributed by atoms with Gasteiger partial charge in [-0.25, -0.2) is 4.79 Å². The van der Waals surface area contributed by atoms with Crippen LogP contribution in [0.5, 0.6) is 5.88 Å². The van der Waals surface area contributed by atoms with Gasteiger partial charge >= 0.3 is 5.97 Å². The van der Waals surface area contributed by atoms with Crippen molar-refractivity contribution in [2.75, 3.05) is 6.61 Å². The lowest BCUT2D eigenvalue weighted by atomic mass is 10.0. The minimum atomic E-state index is -0.528. The molecular formula is C26H34N4O4. The molecule has 0 aliphatic carbocycles. The number of ether oxygens (including phenoxy) is 1. The number of hydrogen-bond acceptors (Lipinski definition) is 7. The molecule has 1 unspecified atom stereocenters. The van der Waals surface area contributed by atoms with Crippen molar-refractivity contribution in [1.82, 2.24) is 4.57 Å². The number of azo groups is 1. The van der Waals surface area contributed by atoms with Gasteiger partial charge in [-0.3, -0.25) is 9.36 Å². The van der Waals surface area contributed by atoms with E-state index in [-0.39, 0.29) is 23.1 Å². The number of nitriles is 1. The molecule has 34 heavy (non-hydrogen) atoms. The van der Waals surface area contributed by atoms with Crippen LogP contribution in [-0.2, 0) is 18.2 Å². The van der Waals surface area contributed by atoms with Crippen molar-refractivity contribution in [1.29, 1.82) is 5.26 Å². The number of benzene rings is 1. The van der Waals surface area contributed by atoms with Gasteiger partial charge < -0.3 is 9.84 Å². The first kappa shape index (κ1) is 26.8. The van der Waals surface area contributed by atoms with Crippen LogP contribution in [0.15, 0.2) is 39.3 Å². The largest absolute Gasteiger partial charge is 0.493 e. The number of pyridine rings is 1. The fourth-order valence-electron chi connectivity index (χ4n) is 3.57. The highest BCUT2D eigenvalue weighted by atomic mass is 16.5. The molecule has 0 aliphatic rings. The fourth-order valence-corrected chi connectivity index (χ4v) is 3.57. The van der Waals surface area contributed by atoms with Crippen LogP contribution in [0.4, 0.5) is 11.4 Å². The van der Waals surface area contributed by atoms with Crippen LogP contribution in [0, 0.1) is 17.2 Å². The van der Waals surface area contributed by atoms with Crippen LogP contribution in [-0.4, -0.2) is 22.2 Å². The third kappa shape index (κ3) is 6.77. The van der Waals surface area contributed by atoms with Gasteiger partial charge in [-0.2, -0.15) is 10.4 Å². The summed E-state index contributed by atoms with van der Waals surface area (Å²) in [5, 5.41) is 28.0. The van der Waals surface area contributed by atoms with Crippen molar-refractivity contribution in [2.45, 2.75) is 65.7 Å². The van der Waals surface area contributed by atoms with Crippen LogP contribution in [0.25, 0.3) is 0 Å². The molecule has 0 spiro atoms. The molecular weight excluding hydrogens is 432 g/mol. The Balaban J connectivity index is 2.21. The summed E-state index contributed by atoms with van der Waals surface area (Å²) in [5.41, 5.74) is 0.794. The first-order valence-corrected chi connectivity index (χ1v) is 11.9. The Hall–Kier alpha value is -3.47. The number of nitrogens with zero attached hydrogens (tertiary/aromatic N) is 4. The Kier molecular flexibility index (Phi) is 10.5. The number of rotatable bonds is 12. The van der Waals surface area contributed by atoms with Gasteiger partial charge in [0, 0.05) is 12.6 Å². The number of hydrogen-bond donors (Lipinski definition) is 1. The van der Waals surface area contributed by atoms with Crippen molar-refractivity contribution < 1.29 is 14.6 Å². The van der Waals surface area contributed by atoms with Crippen LogP contribution in [0.3, 0.4) is 0 Å². The van der Waals surface area contributed by atoms with Crippen molar-refractivity contribution in [2.24, 2.45) is 23.2 Å². The van der Waals surface area contributed by atoms with E-state index < -0.39 is 5.56 Å². The maximum absolute atomic E-state index is 12.7. The summed E-state index contributed by atoms with van der Waals surface area (Å²) < 4.78 is 6.47. The van der Waals surface area contributed by atoms with Crippen molar-refractivity contribution in [3.8, 4) is 11.9 Å². The Labute approximate surface area is 200 Å². The summed E-state index contributed by atoms with van der Waals surface area (Å²) >= 11 is 0. The lowest BCUT2D eigenvalue weighted by Crippen LogP contribution is -2.19. The average molecular weight is 467 g/mol. The summed E-state index contributed by atoms with van der Waals surface area (Å²) in [4.78, 5) is 25.1. The Morgan fingerprint density at radius 3 is 2.41 bits per heavy atom. The molecule has 1 heterocycles. The fraction of sp³-hybridized carbons (Fsp3) is 0.500. The zero-order chi connectivity index (χ0) is 25.1. The zero-order valence-corrected chi connectivity index (χ0v) is 20.5. The standard InChI is InChI=1S/C26H34N4O4/c1-5-8-10-18(7-3)17-34-26(33)19-12-14-20(15-13-19)28-29-23-21(11-9-6-2)22(16-27)24(31)30(4)25(23)32/h12-15,18,31H,5-11,17H2,1-4H3. The van der Waals surface area contributed by atoms with E-state index in [1.807, 2.05) is 13.0 Å². The SMILES string of the molecule is CCCCc1c(C#N)c(O)n(C)c(=O)c1N=Nc1ccc(C(=O)OCC(CC)CCCC)cc1. The molecule has 2 rings (SSSR count). The molecule has 0 bridgehead atoms. The van der Waals surface area contributed by atoms with Crippen molar-refractivity contribution >= 4 is 17.3 Å². The van der Waals surface area contributed by atoms with Gasteiger partial charge in [0.15, 0.2) is 5.69 Å². The average Bonchev–Trinajstić information content (AvgIpc) is 2.86. The van der Waals surface area contributed by atoms with E-state index in [0.29, 0.717) is 35.8 Å². The number of carbonyl (C=O) groups is 1. The molecule has 0 saturated carbocycles. The number of aromatic nitrogens is 1. The summed E-state index contributed by atoms with van der Waals surface area (Å²) in [6, 6.07) is 8.43. The van der Waals surface area contributed by atoms with Gasteiger partial charge in [-0.1, -0.05) is 46.5 Å². The van der Waals surface area contributed by atoms with E-state index in [9.17, 15) is 20.0 Å². The minimum absolute atomic E-state index is 0.0338. The lowest BCUT2D eigenvalue weighted by Gasteiger charge is -2.14. The summed E-state index contributed by atoms with van der Waals surface area (Å²) in [6.07, 6.45) is 6.27. The number of esters is 1. The number of carbonyl (C=O) groups excluding carboxylic acids is 1. The molecule has 182 valence electrons. The van der Waals surface area contributed by atoms with E-state index in [4.69, 9.17) is 4.74 Å². The number of aromatic hydroxyl groups is 1. The summed E-state index contributed by atoms with van der Waals surface area (Å²) in [5.74, 6) is -0.392. The van der Waals surface area contributed by atoms with Crippen LogP contribution in [0.2, 0.25) is 0 Å². The monoisotopic (exact) mass is 466 g/mol. The Morgan fingerprint density at radius 1 is 1.15 bits per heavy atom. The third-order valence-electron chi connectivity index (χ3n) is 5.89. The van der Waals surface area contributed by atoms with E-state index in [2.05, 4.69) is 24.1 Å². The topological polar surface area (TPSA) is 117 Å². The van der Waals surface area contributed by atoms with Gasteiger partial charge in [-0.15, -0.1) is 5.11 Å². The normalized spacial score (nSPS) is 12.0. The maximum atomic E-state index is 12.7. The predicted molar refractivity (Wildman–Crippen MR) is 131 cm³/mol. The molecule has 8 heteroatoms. The lowest BCUT2D eigenvalue weighted by molar-refractivity contribution is 0.0428. The van der Waals surface area contributed by atoms with E-state index in [1.165, 1.54) is 7.05 Å². The summed E-state index contributed by atoms with van der Waals surface area (Å²) in [6.45, 7) is 6.64. The molecule has 8 nitrogen and oxygen atoms in total. The molecule has 0 radical (unpaired) electrons. The molecule has 1 aromatic heterocycles. The van der Waals surface area contributed by atoms with E-state index >= 15 is 0 Å². The third-order valence-corrected chi connectivity index (χ3v) is 5.89. The molecule has 0 fully saturated rings. The number of unbranched alkanes of at least 4 members (excludes halogenated alkanes) is 2. The molecule has 2 aromatic rings. The predicted octanol–water partition coefficient (Wildman–Crippen LogP) is 6.09. The second kappa shape index (κ2) is 13.3. The molecule has 1 atom stereocenters. The molecule has 0 aliphatic heterocycles. The summed E-state index contributed by atoms with van der Waals surface area (Å²) in [7, 11) is 1.38. The van der Waals surface area contributed by atoms with Gasteiger partial charge in [0.05, 0.1) is 17.9 Å². The first-order chi connectivity index (χ1) is 16.4. The molecule has 1 aromatic carbocycles. The molecule has 1 N–H and O–H groups in total. The van der Waals surface area contributed by atoms with E-state index in [1.54, 1.807) is 24.3 Å². The highest BCUT2D eigenvalue weighted by molar-refractivity contribution is 5.89. The van der Waals surface area contributed by atoms with Gasteiger partial charge in [-0.05, 0) is 49.4 Å². The van der Waals surface area contributed by atoms with Crippen LogP contribution >= 0.6 is 0 Å². The quantitative estimate of drug-likeness (QED) is 0.300. The van der Waals surface area contributed by atoms with Gasteiger partial charge in [0.1, 0.15) is 11.6 Å². The Bertz CT molecular complexity index is 1100. The highest BCUT2D eigenvalue weighted by Crippen LogP contribution is 2.28. The van der Waals surface area contributed by atoms with Gasteiger partial charge in [0.2, 0.25) is 5.88 Å². The van der Waals surface area contributed by atoms with Gasteiger partial charge in [0.25, 0.3) is 5.56 Å². The maximum Gasteiger partial charge on any atom is 0.338 e. The smallest absolute Gasteiger partial charge is 0.338 e. The second-order valence-electron chi connectivity index (χ2n) is 8.37. The highest BCUT2D eigenvalue weighted by Gasteiger charge is 2.20. The van der Waals surface area contributed by atoms with E-state index in [0.717, 1.165) is 43.1 Å². The Morgan fingerprint density at radius 2 is 1.82 bits per heavy atom. The first-order valence-electron chi connectivity index (χ1n) is 11.9. The minimum Gasteiger partial charge on any atom is -0.493 e. The van der Waals surface area contributed by atoms with Crippen molar-refractivity contribution in [3.63, 3.8) is 0 Å².